The molecule has 0 spiro atoms. The first-order valence-electron chi connectivity index (χ1n) is 3.75. The predicted molar refractivity (Wildman–Crippen MR) is 38.0 cm³/mol. The first-order valence-corrected chi connectivity index (χ1v) is 3.75. The second-order valence-corrected chi connectivity index (χ2v) is 2.69. The molecule has 1 fully saturated rings. The summed E-state index contributed by atoms with van der Waals surface area (Å²) < 4.78 is 10.0. The monoisotopic (exact) mass is 162 g/mol. The molecule has 4 nitrogen and oxygen atoms in total. The highest BCUT2D eigenvalue weighted by Crippen LogP contribution is 2.19. The second-order valence-electron chi connectivity index (χ2n) is 2.69. The predicted octanol–water partition coefficient (Wildman–Crippen LogP) is -0.509. The van der Waals surface area contributed by atoms with Crippen LogP contribution in [0, 0.1) is 0 Å². The van der Waals surface area contributed by atoms with Crippen molar-refractivity contribution in [2.24, 2.45) is 0 Å². The van der Waals surface area contributed by atoms with E-state index in [1.165, 1.54) is 7.11 Å². The van der Waals surface area contributed by atoms with Gasteiger partial charge in [-0.15, -0.1) is 0 Å². The molecule has 66 valence electrons. The lowest BCUT2D eigenvalue weighted by atomic mass is 10.1. The van der Waals surface area contributed by atoms with Gasteiger partial charge in [0.15, 0.2) is 6.29 Å². The van der Waals surface area contributed by atoms with Crippen LogP contribution >= 0.6 is 0 Å². The van der Waals surface area contributed by atoms with Gasteiger partial charge in [0.1, 0.15) is 6.10 Å². The summed E-state index contributed by atoms with van der Waals surface area (Å²) >= 11 is 0. The van der Waals surface area contributed by atoms with E-state index >= 15 is 0 Å². The van der Waals surface area contributed by atoms with Crippen LogP contribution in [0.15, 0.2) is 0 Å². The fraction of sp³-hybridized carbons (Fsp3) is 1.00. The minimum absolute atomic E-state index is 0.00736. The molecule has 11 heavy (non-hydrogen) atoms. The van der Waals surface area contributed by atoms with Crippen LogP contribution in [-0.4, -0.2) is 42.4 Å². The van der Waals surface area contributed by atoms with E-state index in [4.69, 9.17) is 14.6 Å². The molecule has 4 heteroatoms. The van der Waals surface area contributed by atoms with Crippen LogP contribution in [-0.2, 0) is 9.47 Å². The lowest BCUT2D eigenvalue weighted by Crippen LogP contribution is -2.41. The van der Waals surface area contributed by atoms with Crippen LogP contribution < -0.4 is 0 Å². The largest absolute Gasteiger partial charge is 0.394 e. The summed E-state index contributed by atoms with van der Waals surface area (Å²) in [6.45, 7) is -0.00736. The summed E-state index contributed by atoms with van der Waals surface area (Å²) in [4.78, 5) is 0. The highest BCUT2D eigenvalue weighted by molar-refractivity contribution is 4.72. The van der Waals surface area contributed by atoms with Crippen LogP contribution in [0.3, 0.4) is 0 Å². The van der Waals surface area contributed by atoms with E-state index in [1.807, 2.05) is 0 Å². The Bertz CT molecular complexity index is 117. The normalized spacial score (nSPS) is 39.0. The SMILES string of the molecule is CO[C@H]1O[C@H](CO)CC[C@H]1O. The van der Waals surface area contributed by atoms with E-state index in [1.54, 1.807) is 0 Å². The Hall–Kier alpha value is -0.160. The van der Waals surface area contributed by atoms with E-state index in [2.05, 4.69) is 0 Å². The Morgan fingerprint density at radius 3 is 2.82 bits per heavy atom. The van der Waals surface area contributed by atoms with Crippen molar-refractivity contribution in [2.75, 3.05) is 13.7 Å². The number of methoxy groups -OCH3 is 1. The zero-order chi connectivity index (χ0) is 8.27. The number of ether oxygens (including phenoxy) is 2. The maximum absolute atomic E-state index is 9.25. The van der Waals surface area contributed by atoms with Gasteiger partial charge in [0.05, 0.1) is 12.7 Å². The third-order valence-electron chi connectivity index (χ3n) is 1.86. The zero-order valence-electron chi connectivity index (χ0n) is 6.56. The Kier molecular flexibility index (Phi) is 3.26. The number of hydrogen-bond donors (Lipinski definition) is 2. The van der Waals surface area contributed by atoms with Gasteiger partial charge in [-0.3, -0.25) is 0 Å². The molecular formula is C7H14O4. The topological polar surface area (TPSA) is 58.9 Å². The van der Waals surface area contributed by atoms with Gasteiger partial charge in [-0.1, -0.05) is 0 Å². The van der Waals surface area contributed by atoms with Crippen molar-refractivity contribution in [1.29, 1.82) is 0 Å². The van der Waals surface area contributed by atoms with E-state index < -0.39 is 12.4 Å². The molecule has 0 radical (unpaired) electrons. The van der Waals surface area contributed by atoms with Gasteiger partial charge in [-0.05, 0) is 12.8 Å². The molecule has 0 aromatic carbocycles. The van der Waals surface area contributed by atoms with Crippen molar-refractivity contribution < 1.29 is 19.7 Å². The molecular weight excluding hydrogens is 148 g/mol. The van der Waals surface area contributed by atoms with E-state index in [-0.39, 0.29) is 12.7 Å². The first-order chi connectivity index (χ1) is 5.27. The lowest BCUT2D eigenvalue weighted by Gasteiger charge is -2.31. The molecule has 0 unspecified atom stereocenters. The van der Waals surface area contributed by atoms with Crippen molar-refractivity contribution in [3.63, 3.8) is 0 Å². The first kappa shape index (κ1) is 8.93. The summed E-state index contributed by atoms with van der Waals surface area (Å²) in [5.41, 5.74) is 0. The highest BCUT2D eigenvalue weighted by Gasteiger charge is 2.28. The molecule has 0 bridgehead atoms. The van der Waals surface area contributed by atoms with Crippen molar-refractivity contribution >= 4 is 0 Å². The average molecular weight is 162 g/mol. The molecule has 0 amide bonds. The minimum atomic E-state index is -0.569. The van der Waals surface area contributed by atoms with Crippen molar-refractivity contribution in [3.05, 3.63) is 0 Å². The molecule has 1 saturated heterocycles. The fourth-order valence-corrected chi connectivity index (χ4v) is 1.19. The van der Waals surface area contributed by atoms with Crippen LogP contribution in [0.25, 0.3) is 0 Å². The molecule has 1 aliphatic rings. The third kappa shape index (κ3) is 2.13. The van der Waals surface area contributed by atoms with Crippen LogP contribution in [0.5, 0.6) is 0 Å². The number of aliphatic hydroxyl groups is 2. The van der Waals surface area contributed by atoms with Gasteiger partial charge in [0.2, 0.25) is 0 Å². The number of rotatable bonds is 2. The second kappa shape index (κ2) is 4.01. The van der Waals surface area contributed by atoms with Gasteiger partial charge >= 0.3 is 0 Å². The average Bonchev–Trinajstić information content (AvgIpc) is 2.05. The summed E-state index contributed by atoms with van der Waals surface area (Å²) in [7, 11) is 1.48. The molecule has 1 rings (SSSR count). The fourth-order valence-electron chi connectivity index (χ4n) is 1.19. The van der Waals surface area contributed by atoms with E-state index in [0.29, 0.717) is 12.8 Å². The lowest BCUT2D eigenvalue weighted by molar-refractivity contribution is -0.234. The minimum Gasteiger partial charge on any atom is -0.394 e. The molecule has 2 N–H and O–H groups in total. The number of hydrogen-bond acceptors (Lipinski definition) is 4. The maximum atomic E-state index is 9.25. The van der Waals surface area contributed by atoms with E-state index in [9.17, 15) is 5.11 Å². The zero-order valence-corrected chi connectivity index (χ0v) is 6.56. The van der Waals surface area contributed by atoms with Gasteiger partial charge < -0.3 is 19.7 Å². The van der Waals surface area contributed by atoms with Crippen LogP contribution in [0.2, 0.25) is 0 Å². The van der Waals surface area contributed by atoms with Gasteiger partial charge in [0, 0.05) is 7.11 Å². The van der Waals surface area contributed by atoms with Crippen molar-refractivity contribution in [3.8, 4) is 0 Å². The van der Waals surface area contributed by atoms with Crippen LogP contribution in [0.4, 0.5) is 0 Å². The molecule has 3 atom stereocenters. The molecule has 1 heterocycles. The Morgan fingerprint density at radius 2 is 2.27 bits per heavy atom. The molecule has 0 saturated carbocycles. The standard InChI is InChI=1S/C7H14O4/c1-10-7-6(9)3-2-5(4-8)11-7/h5-9H,2-4H2,1H3/t5-,6+,7-/m0/s1. The highest BCUT2D eigenvalue weighted by atomic mass is 16.7. The Balaban J connectivity index is 2.37. The molecule has 1 aliphatic heterocycles. The van der Waals surface area contributed by atoms with Gasteiger partial charge in [0.25, 0.3) is 0 Å². The van der Waals surface area contributed by atoms with Crippen LogP contribution in [0.1, 0.15) is 12.8 Å². The number of aliphatic hydroxyl groups excluding tert-OH is 2. The quantitative estimate of drug-likeness (QED) is 0.574. The maximum Gasteiger partial charge on any atom is 0.183 e. The third-order valence-corrected chi connectivity index (χ3v) is 1.86. The van der Waals surface area contributed by atoms with E-state index in [0.717, 1.165) is 0 Å². The molecule has 0 aromatic rings. The Morgan fingerprint density at radius 1 is 1.55 bits per heavy atom. The van der Waals surface area contributed by atoms with Gasteiger partial charge in [-0.25, -0.2) is 0 Å². The van der Waals surface area contributed by atoms with Gasteiger partial charge in [-0.2, -0.15) is 0 Å². The van der Waals surface area contributed by atoms with Crippen molar-refractivity contribution in [1.82, 2.24) is 0 Å². The Labute approximate surface area is 65.7 Å². The smallest absolute Gasteiger partial charge is 0.183 e. The van der Waals surface area contributed by atoms with Crippen molar-refractivity contribution in [2.45, 2.75) is 31.3 Å². The summed E-state index contributed by atoms with van der Waals surface area (Å²) in [5, 5.41) is 18.0. The molecule has 0 aromatic heterocycles. The summed E-state index contributed by atoms with van der Waals surface area (Å²) in [6.07, 6.45) is 0.0217. The summed E-state index contributed by atoms with van der Waals surface area (Å²) in [5.74, 6) is 0. The molecule has 0 aliphatic carbocycles. The summed E-state index contributed by atoms with van der Waals surface area (Å²) in [6, 6.07) is 0.